The first-order chi connectivity index (χ1) is 10.1. The van der Waals surface area contributed by atoms with Crippen molar-refractivity contribution in [2.75, 3.05) is 5.32 Å². The summed E-state index contributed by atoms with van der Waals surface area (Å²) in [5.41, 5.74) is 10.8. The number of carbonyl (C=O) groups excluding carboxylic acids is 1. The minimum absolute atomic E-state index is 0.0396. The first-order valence-corrected chi connectivity index (χ1v) is 7.84. The van der Waals surface area contributed by atoms with Crippen molar-refractivity contribution in [3.8, 4) is 0 Å². The highest BCUT2D eigenvalue weighted by atomic mass is 79.9. The lowest BCUT2D eigenvalue weighted by Crippen LogP contribution is -2.20. The van der Waals surface area contributed by atoms with Crippen LogP contribution in [0.1, 0.15) is 29.2 Å². The van der Waals surface area contributed by atoms with Gasteiger partial charge in [0.15, 0.2) is 0 Å². The Bertz CT molecular complexity index is 684. The van der Waals surface area contributed by atoms with Gasteiger partial charge in [0, 0.05) is 22.6 Å². The van der Waals surface area contributed by atoms with E-state index in [1.54, 1.807) is 0 Å². The summed E-state index contributed by atoms with van der Waals surface area (Å²) in [6.07, 6.45) is 2.14. The molecule has 0 spiro atoms. The van der Waals surface area contributed by atoms with Crippen LogP contribution in [0.25, 0.3) is 0 Å². The quantitative estimate of drug-likeness (QED) is 0.893. The number of benzene rings is 2. The monoisotopic (exact) mass is 344 g/mol. The van der Waals surface area contributed by atoms with Gasteiger partial charge in [0.25, 0.3) is 0 Å². The Kier molecular flexibility index (Phi) is 4.08. The van der Waals surface area contributed by atoms with Crippen LogP contribution in [-0.2, 0) is 17.6 Å². The first-order valence-electron chi connectivity index (χ1n) is 7.04. The van der Waals surface area contributed by atoms with E-state index in [9.17, 15) is 4.79 Å². The lowest BCUT2D eigenvalue weighted by molar-refractivity contribution is -0.116. The Morgan fingerprint density at radius 1 is 1.19 bits per heavy atom. The molecule has 3 nitrogen and oxygen atoms in total. The fourth-order valence-corrected chi connectivity index (χ4v) is 3.12. The summed E-state index contributed by atoms with van der Waals surface area (Å²) < 4.78 is 1.07. The molecule has 108 valence electrons. The highest BCUT2D eigenvalue weighted by Gasteiger charge is 2.16. The highest BCUT2D eigenvalue weighted by Crippen LogP contribution is 2.27. The number of hydrogen-bond donors (Lipinski definition) is 2. The lowest BCUT2D eigenvalue weighted by Gasteiger charge is -2.20. The number of aryl methyl sites for hydroxylation is 1. The van der Waals surface area contributed by atoms with E-state index in [0.717, 1.165) is 28.6 Å². The summed E-state index contributed by atoms with van der Waals surface area (Å²) in [5.74, 6) is 0.0914. The Morgan fingerprint density at radius 2 is 2.05 bits per heavy atom. The van der Waals surface area contributed by atoms with Crippen LogP contribution in [0.3, 0.4) is 0 Å². The first kappa shape index (κ1) is 14.3. The second kappa shape index (κ2) is 6.00. The molecule has 0 aliphatic carbocycles. The molecular weight excluding hydrogens is 328 g/mol. The molecule has 0 fully saturated rings. The van der Waals surface area contributed by atoms with Gasteiger partial charge in [-0.2, -0.15) is 0 Å². The zero-order chi connectivity index (χ0) is 14.8. The van der Waals surface area contributed by atoms with Crippen LogP contribution in [0, 0.1) is 0 Å². The number of halogens is 1. The highest BCUT2D eigenvalue weighted by molar-refractivity contribution is 9.10. The van der Waals surface area contributed by atoms with Crippen LogP contribution in [0.5, 0.6) is 0 Å². The number of rotatable bonds is 3. The third-order valence-corrected chi connectivity index (χ3v) is 4.29. The number of carbonyl (C=O) groups is 1. The van der Waals surface area contributed by atoms with Crippen LogP contribution in [0.2, 0.25) is 0 Å². The summed E-state index contributed by atoms with van der Waals surface area (Å²) in [5, 5.41) is 2.90. The number of amides is 1. The van der Waals surface area contributed by atoms with Gasteiger partial charge >= 0.3 is 0 Å². The average Bonchev–Trinajstić information content (AvgIpc) is 2.46. The minimum Gasteiger partial charge on any atom is -0.326 e. The van der Waals surface area contributed by atoms with Crippen LogP contribution < -0.4 is 11.1 Å². The van der Waals surface area contributed by atoms with Gasteiger partial charge in [-0.1, -0.05) is 40.2 Å². The molecule has 1 atom stereocenters. The zero-order valence-corrected chi connectivity index (χ0v) is 13.2. The van der Waals surface area contributed by atoms with E-state index in [0.29, 0.717) is 6.42 Å². The van der Waals surface area contributed by atoms with Crippen molar-refractivity contribution < 1.29 is 4.79 Å². The molecule has 0 bridgehead atoms. The van der Waals surface area contributed by atoms with E-state index in [1.165, 1.54) is 11.1 Å². The van der Waals surface area contributed by atoms with Gasteiger partial charge in [-0.25, -0.2) is 0 Å². The van der Waals surface area contributed by atoms with Crippen LogP contribution in [0.15, 0.2) is 46.9 Å². The van der Waals surface area contributed by atoms with Crippen LogP contribution in [-0.4, -0.2) is 5.91 Å². The third kappa shape index (κ3) is 3.34. The number of fused-ring (bicyclic) bond motifs is 1. The largest absolute Gasteiger partial charge is 0.326 e. The summed E-state index contributed by atoms with van der Waals surface area (Å²) in [6, 6.07) is 14.3. The average molecular weight is 345 g/mol. The number of nitrogens with two attached hydrogens (primary N) is 1. The number of hydrogen-bond acceptors (Lipinski definition) is 2. The fraction of sp³-hybridized carbons (Fsp3) is 0.235. The molecule has 1 heterocycles. The molecule has 2 aromatic rings. The van der Waals surface area contributed by atoms with Crippen molar-refractivity contribution in [1.29, 1.82) is 0 Å². The molecule has 0 radical (unpaired) electrons. The summed E-state index contributed by atoms with van der Waals surface area (Å²) in [6.45, 7) is 0. The Balaban J connectivity index is 1.79. The van der Waals surface area contributed by atoms with Gasteiger partial charge in [-0.05, 0) is 47.7 Å². The van der Waals surface area contributed by atoms with Crippen molar-refractivity contribution in [3.05, 3.63) is 63.6 Å². The predicted molar refractivity (Wildman–Crippen MR) is 88.2 cm³/mol. The predicted octanol–water partition coefficient (Wildman–Crippen LogP) is 3.58. The molecule has 1 amide bonds. The van der Waals surface area contributed by atoms with Crippen molar-refractivity contribution in [2.24, 2.45) is 5.73 Å². The van der Waals surface area contributed by atoms with E-state index >= 15 is 0 Å². The van der Waals surface area contributed by atoms with Gasteiger partial charge in [-0.15, -0.1) is 0 Å². The third-order valence-electron chi connectivity index (χ3n) is 3.80. The smallest absolute Gasteiger partial charge is 0.224 e. The lowest BCUT2D eigenvalue weighted by atomic mass is 9.94. The summed E-state index contributed by atoms with van der Waals surface area (Å²) in [4.78, 5) is 11.4. The van der Waals surface area contributed by atoms with Gasteiger partial charge in [0.1, 0.15) is 0 Å². The van der Waals surface area contributed by atoms with E-state index in [-0.39, 0.29) is 11.9 Å². The molecule has 21 heavy (non-hydrogen) atoms. The molecule has 0 aromatic heterocycles. The summed E-state index contributed by atoms with van der Waals surface area (Å²) in [7, 11) is 0. The molecule has 1 unspecified atom stereocenters. The van der Waals surface area contributed by atoms with Crippen molar-refractivity contribution in [2.45, 2.75) is 25.3 Å². The second-order valence-corrected chi connectivity index (χ2v) is 6.32. The fourth-order valence-electron chi connectivity index (χ4n) is 2.67. The number of nitrogens with one attached hydrogen (secondary N) is 1. The van der Waals surface area contributed by atoms with Crippen molar-refractivity contribution in [1.82, 2.24) is 0 Å². The molecular formula is C17H17BrN2O. The molecule has 2 aromatic carbocycles. The summed E-state index contributed by atoms with van der Waals surface area (Å²) >= 11 is 3.48. The molecule has 0 saturated heterocycles. The van der Waals surface area contributed by atoms with Crippen molar-refractivity contribution >= 4 is 27.5 Å². The molecule has 1 aliphatic heterocycles. The van der Waals surface area contributed by atoms with E-state index in [2.05, 4.69) is 39.4 Å². The van der Waals surface area contributed by atoms with Gasteiger partial charge < -0.3 is 11.1 Å². The maximum Gasteiger partial charge on any atom is 0.224 e. The molecule has 4 heteroatoms. The van der Waals surface area contributed by atoms with Crippen molar-refractivity contribution in [3.63, 3.8) is 0 Å². The Morgan fingerprint density at radius 3 is 2.86 bits per heavy atom. The number of anilines is 1. The van der Waals surface area contributed by atoms with Gasteiger partial charge in [0.05, 0.1) is 0 Å². The molecule has 0 saturated carbocycles. The molecule has 3 rings (SSSR count). The topological polar surface area (TPSA) is 55.1 Å². The van der Waals surface area contributed by atoms with E-state index in [1.807, 2.05) is 24.3 Å². The maximum atomic E-state index is 11.4. The van der Waals surface area contributed by atoms with Crippen LogP contribution in [0.4, 0.5) is 5.69 Å². The molecule has 1 aliphatic rings. The van der Waals surface area contributed by atoms with Gasteiger partial charge in [0.2, 0.25) is 5.91 Å². The van der Waals surface area contributed by atoms with Crippen LogP contribution >= 0.6 is 15.9 Å². The van der Waals surface area contributed by atoms with Gasteiger partial charge in [-0.3, -0.25) is 4.79 Å². The SMILES string of the molecule is NC(Cc1cccc(Br)c1)c1ccc2c(c1)CCC(=O)N2. The van der Waals surface area contributed by atoms with E-state index < -0.39 is 0 Å². The Hall–Kier alpha value is -1.65. The molecule has 3 N–H and O–H groups in total. The second-order valence-electron chi connectivity index (χ2n) is 5.41. The maximum absolute atomic E-state index is 11.4. The standard InChI is InChI=1S/C17H17BrN2O/c18-14-3-1-2-11(8-14)9-15(19)12-4-6-16-13(10-12)5-7-17(21)20-16/h1-4,6,8,10,15H,5,7,9,19H2,(H,20,21). The van der Waals surface area contributed by atoms with E-state index in [4.69, 9.17) is 5.73 Å². The normalized spacial score (nSPS) is 15.2. The Labute approximate surface area is 132 Å². The zero-order valence-electron chi connectivity index (χ0n) is 11.6. The minimum atomic E-state index is -0.0396.